The van der Waals surface area contributed by atoms with E-state index in [0.717, 1.165) is 5.39 Å². The van der Waals surface area contributed by atoms with Crippen LogP contribution in [0.5, 0.6) is 5.75 Å². The van der Waals surface area contributed by atoms with Crippen molar-refractivity contribution in [3.05, 3.63) is 42.0 Å². The summed E-state index contributed by atoms with van der Waals surface area (Å²) in [5.41, 5.74) is 0.413. The lowest BCUT2D eigenvalue weighted by Gasteiger charge is -2.17. The number of amides is 2. The molecule has 0 bridgehead atoms. The normalized spacial score (nSPS) is 11.9. The quantitative estimate of drug-likeness (QED) is 0.659. The van der Waals surface area contributed by atoms with Gasteiger partial charge in [0.2, 0.25) is 5.91 Å². The smallest absolute Gasteiger partial charge is 0.326 e. The van der Waals surface area contributed by atoms with Gasteiger partial charge < -0.3 is 20.5 Å². The van der Waals surface area contributed by atoms with Crippen LogP contribution in [0.2, 0.25) is 0 Å². The molecular formula is C20H24N2O5. The van der Waals surface area contributed by atoms with Gasteiger partial charge in [-0.2, -0.15) is 0 Å². The molecule has 27 heavy (non-hydrogen) atoms. The number of carboxylic acid groups (broad SMARTS) is 1. The summed E-state index contributed by atoms with van der Waals surface area (Å²) in [6.07, 6.45) is 0.318. The molecule has 0 aromatic heterocycles. The molecule has 2 rings (SSSR count). The maximum absolute atomic E-state index is 12.5. The molecule has 3 N–H and O–H groups in total. The number of hydrogen-bond donors (Lipinski definition) is 3. The number of hydrogen-bond acceptors (Lipinski definition) is 4. The minimum atomic E-state index is -1.09. The Morgan fingerprint density at radius 1 is 1.07 bits per heavy atom. The maximum Gasteiger partial charge on any atom is 0.326 e. The molecule has 0 heterocycles. The number of carbonyl (C=O) groups is 3. The average molecular weight is 372 g/mol. The lowest BCUT2D eigenvalue weighted by molar-refractivity contribution is -0.142. The Balaban J connectivity index is 2.07. The number of methoxy groups -OCH3 is 1. The van der Waals surface area contributed by atoms with Gasteiger partial charge in [0.1, 0.15) is 11.8 Å². The largest absolute Gasteiger partial charge is 0.496 e. The Bertz CT molecular complexity index is 847. The summed E-state index contributed by atoms with van der Waals surface area (Å²) in [6, 6.07) is 9.66. The molecule has 0 saturated heterocycles. The predicted molar refractivity (Wildman–Crippen MR) is 102 cm³/mol. The van der Waals surface area contributed by atoms with Crippen LogP contribution in [0, 0.1) is 5.92 Å². The van der Waals surface area contributed by atoms with Gasteiger partial charge in [-0.05, 0) is 29.9 Å². The summed E-state index contributed by atoms with van der Waals surface area (Å²) < 4.78 is 5.31. The molecule has 0 spiro atoms. The molecule has 1 atom stereocenters. The van der Waals surface area contributed by atoms with Crippen molar-refractivity contribution >= 4 is 28.6 Å². The highest BCUT2D eigenvalue weighted by molar-refractivity contribution is 6.09. The van der Waals surface area contributed by atoms with E-state index in [1.165, 1.54) is 0 Å². The average Bonchev–Trinajstić information content (AvgIpc) is 2.64. The summed E-state index contributed by atoms with van der Waals surface area (Å²) in [4.78, 5) is 35.8. The van der Waals surface area contributed by atoms with Crippen LogP contribution in [0.25, 0.3) is 10.8 Å². The lowest BCUT2D eigenvalue weighted by atomic mass is 10.0. The van der Waals surface area contributed by atoms with Gasteiger partial charge in [0, 0.05) is 10.9 Å². The maximum atomic E-state index is 12.5. The highest BCUT2D eigenvalue weighted by Gasteiger charge is 2.21. The van der Waals surface area contributed by atoms with E-state index in [1.54, 1.807) is 25.3 Å². The van der Waals surface area contributed by atoms with E-state index in [9.17, 15) is 19.5 Å². The number of carboxylic acids is 1. The third kappa shape index (κ3) is 5.20. The zero-order valence-corrected chi connectivity index (χ0v) is 15.6. The number of fused-ring (bicyclic) bond motifs is 1. The molecule has 7 heteroatoms. The van der Waals surface area contributed by atoms with Crippen molar-refractivity contribution in [3.63, 3.8) is 0 Å². The van der Waals surface area contributed by atoms with Crippen LogP contribution in [-0.4, -0.2) is 42.6 Å². The first-order valence-corrected chi connectivity index (χ1v) is 8.69. The Hall–Kier alpha value is -3.09. The molecular weight excluding hydrogens is 348 g/mol. The molecule has 0 aliphatic rings. The minimum absolute atomic E-state index is 0.117. The lowest BCUT2D eigenvalue weighted by Crippen LogP contribution is -2.46. The summed E-state index contributed by atoms with van der Waals surface area (Å²) in [7, 11) is 1.56. The molecule has 0 fully saturated rings. The summed E-state index contributed by atoms with van der Waals surface area (Å²) in [5, 5.41) is 15.7. The second-order valence-corrected chi connectivity index (χ2v) is 6.63. The first-order valence-electron chi connectivity index (χ1n) is 8.69. The Morgan fingerprint density at radius 2 is 1.74 bits per heavy atom. The summed E-state index contributed by atoms with van der Waals surface area (Å²) >= 11 is 0. The molecule has 0 aliphatic heterocycles. The molecule has 2 aromatic rings. The highest BCUT2D eigenvalue weighted by atomic mass is 16.5. The van der Waals surface area contributed by atoms with Crippen LogP contribution >= 0.6 is 0 Å². The number of nitrogens with one attached hydrogen (secondary N) is 2. The molecule has 2 amide bonds. The third-order valence-corrected chi connectivity index (χ3v) is 4.10. The van der Waals surface area contributed by atoms with Crippen molar-refractivity contribution in [1.82, 2.24) is 10.6 Å². The Kier molecular flexibility index (Phi) is 6.76. The zero-order valence-electron chi connectivity index (χ0n) is 15.6. The Labute approximate surface area is 157 Å². The number of benzene rings is 2. The topological polar surface area (TPSA) is 105 Å². The van der Waals surface area contributed by atoms with Gasteiger partial charge in [0.05, 0.1) is 13.7 Å². The van der Waals surface area contributed by atoms with Gasteiger partial charge in [0.25, 0.3) is 5.91 Å². The van der Waals surface area contributed by atoms with Crippen LogP contribution in [0.4, 0.5) is 0 Å². The van der Waals surface area contributed by atoms with Crippen molar-refractivity contribution in [2.75, 3.05) is 13.7 Å². The van der Waals surface area contributed by atoms with Gasteiger partial charge in [-0.3, -0.25) is 9.59 Å². The Morgan fingerprint density at radius 3 is 2.33 bits per heavy atom. The number of carbonyl (C=O) groups excluding carboxylic acids is 2. The van der Waals surface area contributed by atoms with Crippen molar-refractivity contribution in [3.8, 4) is 5.75 Å². The number of ether oxygens (including phenoxy) is 1. The first kappa shape index (κ1) is 20.2. The fourth-order valence-electron chi connectivity index (χ4n) is 2.84. The molecule has 0 unspecified atom stereocenters. The fraction of sp³-hybridized carbons (Fsp3) is 0.350. The van der Waals surface area contributed by atoms with Gasteiger partial charge >= 0.3 is 5.97 Å². The van der Waals surface area contributed by atoms with E-state index in [0.29, 0.717) is 23.1 Å². The van der Waals surface area contributed by atoms with Crippen LogP contribution in [-0.2, 0) is 9.59 Å². The van der Waals surface area contributed by atoms with Crippen molar-refractivity contribution in [1.29, 1.82) is 0 Å². The number of rotatable bonds is 8. The van der Waals surface area contributed by atoms with E-state index in [2.05, 4.69) is 10.6 Å². The first-order chi connectivity index (χ1) is 12.8. The molecule has 2 aromatic carbocycles. The second-order valence-electron chi connectivity index (χ2n) is 6.63. The predicted octanol–water partition coefficient (Wildman–Crippen LogP) is 2.19. The summed E-state index contributed by atoms with van der Waals surface area (Å²) in [5.74, 6) is -1.29. The van der Waals surface area contributed by atoms with E-state index < -0.39 is 23.8 Å². The molecule has 0 aliphatic carbocycles. The van der Waals surface area contributed by atoms with Crippen molar-refractivity contribution < 1.29 is 24.2 Å². The third-order valence-electron chi connectivity index (χ3n) is 4.10. The van der Waals surface area contributed by atoms with Gasteiger partial charge in [-0.25, -0.2) is 4.79 Å². The molecule has 7 nitrogen and oxygen atoms in total. The van der Waals surface area contributed by atoms with E-state index in [1.807, 2.05) is 32.0 Å². The zero-order chi connectivity index (χ0) is 20.0. The van der Waals surface area contributed by atoms with Crippen molar-refractivity contribution in [2.24, 2.45) is 5.92 Å². The van der Waals surface area contributed by atoms with Crippen LogP contribution < -0.4 is 15.4 Å². The molecule has 144 valence electrons. The van der Waals surface area contributed by atoms with Crippen molar-refractivity contribution in [2.45, 2.75) is 26.3 Å². The van der Waals surface area contributed by atoms with Crippen LogP contribution in [0.1, 0.15) is 30.6 Å². The molecule has 0 radical (unpaired) electrons. The standard InChI is InChI=1S/C20H24N2O5/c1-12(2)10-16(20(25)26)22-18(23)11-21-19(24)15-8-9-17(27-3)14-7-5-4-6-13(14)15/h4-9,12,16H,10-11H2,1-3H3,(H,21,24)(H,22,23)(H,25,26)/t16-/m0/s1. The van der Waals surface area contributed by atoms with Gasteiger partial charge in [0.15, 0.2) is 0 Å². The summed E-state index contributed by atoms with van der Waals surface area (Å²) in [6.45, 7) is 3.44. The van der Waals surface area contributed by atoms with Gasteiger partial charge in [-0.15, -0.1) is 0 Å². The van der Waals surface area contributed by atoms with Gasteiger partial charge in [-0.1, -0.05) is 38.1 Å². The molecule has 0 saturated carbocycles. The monoisotopic (exact) mass is 372 g/mol. The van der Waals surface area contributed by atoms with E-state index >= 15 is 0 Å². The van der Waals surface area contributed by atoms with Crippen LogP contribution in [0.15, 0.2) is 36.4 Å². The number of aliphatic carboxylic acids is 1. The fourth-order valence-corrected chi connectivity index (χ4v) is 2.84. The van der Waals surface area contributed by atoms with E-state index in [4.69, 9.17) is 4.74 Å². The van der Waals surface area contributed by atoms with E-state index in [-0.39, 0.29) is 12.5 Å². The van der Waals surface area contributed by atoms with Crippen LogP contribution in [0.3, 0.4) is 0 Å². The SMILES string of the molecule is COc1ccc(C(=O)NCC(=O)N[C@@H](CC(C)C)C(=O)O)c2ccccc12. The second kappa shape index (κ2) is 9.02. The minimum Gasteiger partial charge on any atom is -0.496 e. The highest BCUT2D eigenvalue weighted by Crippen LogP contribution is 2.28.